The maximum Gasteiger partial charge on any atom is 0.120 e. The molecule has 0 aliphatic heterocycles. The van der Waals surface area contributed by atoms with Crippen LogP contribution in [0.25, 0.3) is 0 Å². The van der Waals surface area contributed by atoms with Crippen LogP contribution in [0.3, 0.4) is 0 Å². The fraction of sp³-hybridized carbons (Fsp3) is 0.312. The predicted molar refractivity (Wildman–Crippen MR) is 76.6 cm³/mol. The van der Waals surface area contributed by atoms with Crippen LogP contribution >= 0.6 is 0 Å². The minimum Gasteiger partial charge on any atom is -0.340 e. The summed E-state index contributed by atoms with van der Waals surface area (Å²) in [6, 6.07) is 14.8. The van der Waals surface area contributed by atoms with Crippen LogP contribution in [0, 0.1) is 18.3 Å². The van der Waals surface area contributed by atoms with Crippen LogP contribution < -0.4 is 5.32 Å². The Bertz CT molecular complexity index is 590. The number of nitriles is 1. The molecule has 1 atom stereocenters. The van der Waals surface area contributed by atoms with Gasteiger partial charge in [0.05, 0.1) is 0 Å². The van der Waals surface area contributed by atoms with Crippen molar-refractivity contribution in [3.05, 3.63) is 58.9 Å². The Labute approximate surface area is 114 Å². The van der Waals surface area contributed by atoms with Crippen molar-refractivity contribution in [3.8, 4) is 6.07 Å². The first-order chi connectivity index (χ1) is 9.13. The highest BCUT2D eigenvalue weighted by Crippen LogP contribution is 2.16. The van der Waals surface area contributed by atoms with Crippen molar-refractivity contribution in [1.82, 2.24) is 9.88 Å². The Morgan fingerprint density at radius 1 is 1.32 bits per heavy atom. The van der Waals surface area contributed by atoms with Crippen LogP contribution in [0.5, 0.6) is 0 Å². The van der Waals surface area contributed by atoms with Crippen molar-refractivity contribution in [2.24, 2.45) is 7.05 Å². The Balaban J connectivity index is 2.06. The minimum atomic E-state index is 0.298. The van der Waals surface area contributed by atoms with Crippen LogP contribution in [0.1, 0.15) is 35.5 Å². The van der Waals surface area contributed by atoms with E-state index >= 15 is 0 Å². The van der Waals surface area contributed by atoms with Gasteiger partial charge in [0.25, 0.3) is 0 Å². The molecule has 98 valence electrons. The normalized spacial score (nSPS) is 12.1. The molecule has 3 nitrogen and oxygen atoms in total. The molecule has 0 unspecified atom stereocenters. The SMILES string of the molecule is Cc1c(CN[C@H](C)c2ccccc2)cc(C#N)n1C. The van der Waals surface area contributed by atoms with Gasteiger partial charge in [-0.2, -0.15) is 5.26 Å². The first-order valence-corrected chi connectivity index (χ1v) is 6.47. The van der Waals surface area contributed by atoms with Gasteiger partial charge in [0.2, 0.25) is 0 Å². The van der Waals surface area contributed by atoms with Crippen molar-refractivity contribution >= 4 is 0 Å². The summed E-state index contributed by atoms with van der Waals surface area (Å²) >= 11 is 0. The van der Waals surface area contributed by atoms with Crippen molar-refractivity contribution in [1.29, 1.82) is 5.26 Å². The van der Waals surface area contributed by atoms with Gasteiger partial charge in [-0.15, -0.1) is 0 Å². The van der Waals surface area contributed by atoms with Crippen molar-refractivity contribution in [2.75, 3.05) is 0 Å². The number of aromatic nitrogens is 1. The predicted octanol–water partition coefficient (Wildman–Crippen LogP) is 3.06. The summed E-state index contributed by atoms with van der Waals surface area (Å²) in [5, 5.41) is 12.5. The number of hydrogen-bond donors (Lipinski definition) is 1. The van der Waals surface area contributed by atoms with E-state index in [-0.39, 0.29) is 0 Å². The molecule has 19 heavy (non-hydrogen) atoms. The van der Waals surface area contributed by atoms with Gasteiger partial charge in [-0.3, -0.25) is 0 Å². The number of nitrogens with zero attached hydrogens (tertiary/aromatic N) is 2. The summed E-state index contributed by atoms with van der Waals surface area (Å²) in [6.45, 7) is 4.97. The molecule has 0 amide bonds. The molecule has 1 aromatic heterocycles. The fourth-order valence-electron chi connectivity index (χ4n) is 2.17. The standard InChI is InChI=1S/C16H19N3/c1-12(14-7-5-4-6-8-14)18-11-15-9-16(10-17)19(3)13(15)2/h4-9,12,18H,11H2,1-3H3/t12-/m1/s1. The Morgan fingerprint density at radius 2 is 2.00 bits per heavy atom. The average molecular weight is 253 g/mol. The van der Waals surface area contributed by atoms with Gasteiger partial charge < -0.3 is 9.88 Å². The highest BCUT2D eigenvalue weighted by Gasteiger charge is 2.10. The lowest BCUT2D eigenvalue weighted by Gasteiger charge is -2.14. The molecule has 0 fully saturated rings. The Hall–Kier alpha value is -2.05. The molecule has 2 aromatic rings. The zero-order valence-corrected chi connectivity index (χ0v) is 11.6. The highest BCUT2D eigenvalue weighted by atomic mass is 15.0. The summed E-state index contributed by atoms with van der Waals surface area (Å²) in [6.07, 6.45) is 0. The lowest BCUT2D eigenvalue weighted by molar-refractivity contribution is 0.572. The van der Waals surface area contributed by atoms with E-state index in [2.05, 4.69) is 42.6 Å². The van der Waals surface area contributed by atoms with Gasteiger partial charge in [-0.05, 0) is 31.0 Å². The molecule has 1 heterocycles. The Kier molecular flexibility index (Phi) is 4.03. The van der Waals surface area contributed by atoms with Crippen molar-refractivity contribution in [3.63, 3.8) is 0 Å². The van der Waals surface area contributed by atoms with Crippen LogP contribution in [0.15, 0.2) is 36.4 Å². The molecular weight excluding hydrogens is 234 g/mol. The third kappa shape index (κ3) is 2.86. The lowest BCUT2D eigenvalue weighted by Crippen LogP contribution is -2.18. The fourth-order valence-corrected chi connectivity index (χ4v) is 2.17. The van der Waals surface area contributed by atoms with Gasteiger partial charge in [-0.1, -0.05) is 30.3 Å². The smallest absolute Gasteiger partial charge is 0.120 e. The van der Waals surface area contributed by atoms with Crippen LogP contribution in [0.2, 0.25) is 0 Å². The van der Waals surface area contributed by atoms with Crippen molar-refractivity contribution in [2.45, 2.75) is 26.4 Å². The van der Waals surface area contributed by atoms with Gasteiger partial charge in [0, 0.05) is 25.3 Å². The third-order valence-electron chi connectivity index (χ3n) is 3.65. The molecule has 0 radical (unpaired) electrons. The third-order valence-corrected chi connectivity index (χ3v) is 3.65. The van der Waals surface area contributed by atoms with Gasteiger partial charge in [0.15, 0.2) is 0 Å². The molecule has 0 saturated heterocycles. The van der Waals surface area contributed by atoms with E-state index < -0.39 is 0 Å². The highest BCUT2D eigenvalue weighted by molar-refractivity contribution is 5.34. The van der Waals surface area contributed by atoms with Crippen LogP contribution in [-0.4, -0.2) is 4.57 Å². The number of rotatable bonds is 4. The number of nitrogens with one attached hydrogen (secondary N) is 1. The van der Waals surface area contributed by atoms with E-state index in [4.69, 9.17) is 5.26 Å². The van der Waals surface area contributed by atoms with Crippen molar-refractivity contribution < 1.29 is 0 Å². The van der Waals surface area contributed by atoms with E-state index in [1.54, 1.807) is 0 Å². The monoisotopic (exact) mass is 253 g/mol. The van der Waals surface area contributed by atoms with E-state index in [0.717, 1.165) is 12.2 Å². The summed E-state index contributed by atoms with van der Waals surface area (Å²) in [5.41, 5.74) is 4.31. The quantitative estimate of drug-likeness (QED) is 0.909. The lowest BCUT2D eigenvalue weighted by atomic mass is 10.1. The molecule has 0 spiro atoms. The molecule has 1 aromatic carbocycles. The van der Waals surface area contributed by atoms with Gasteiger partial charge in [0.1, 0.15) is 11.8 Å². The second-order valence-electron chi connectivity index (χ2n) is 4.82. The summed E-state index contributed by atoms with van der Waals surface area (Å²) in [4.78, 5) is 0. The first-order valence-electron chi connectivity index (χ1n) is 6.47. The Morgan fingerprint density at radius 3 is 2.58 bits per heavy atom. The second-order valence-corrected chi connectivity index (χ2v) is 4.82. The van der Waals surface area contributed by atoms with Gasteiger partial charge >= 0.3 is 0 Å². The number of hydrogen-bond acceptors (Lipinski definition) is 2. The number of benzene rings is 1. The van der Waals surface area contributed by atoms with E-state index in [9.17, 15) is 0 Å². The maximum absolute atomic E-state index is 9.02. The summed E-state index contributed by atoms with van der Waals surface area (Å²) in [7, 11) is 1.93. The zero-order valence-electron chi connectivity index (χ0n) is 11.6. The molecule has 0 saturated carbocycles. The molecular formula is C16H19N3. The zero-order chi connectivity index (χ0) is 13.8. The minimum absolute atomic E-state index is 0.298. The average Bonchev–Trinajstić information content (AvgIpc) is 2.73. The second kappa shape index (κ2) is 5.73. The van der Waals surface area contributed by atoms with E-state index in [0.29, 0.717) is 11.7 Å². The molecule has 2 rings (SSSR count). The van der Waals surface area contributed by atoms with Crippen LogP contribution in [0.4, 0.5) is 0 Å². The molecule has 0 aliphatic rings. The maximum atomic E-state index is 9.02. The largest absolute Gasteiger partial charge is 0.340 e. The molecule has 3 heteroatoms. The molecule has 0 bridgehead atoms. The van der Waals surface area contributed by atoms with Crippen LogP contribution in [-0.2, 0) is 13.6 Å². The summed E-state index contributed by atoms with van der Waals surface area (Å²) in [5.74, 6) is 0. The molecule has 0 aliphatic carbocycles. The summed E-state index contributed by atoms with van der Waals surface area (Å²) < 4.78 is 1.93. The molecule has 1 N–H and O–H groups in total. The van der Waals surface area contributed by atoms with E-state index in [1.807, 2.05) is 30.7 Å². The topological polar surface area (TPSA) is 40.8 Å². The van der Waals surface area contributed by atoms with Gasteiger partial charge in [-0.25, -0.2) is 0 Å². The van der Waals surface area contributed by atoms with E-state index in [1.165, 1.54) is 11.1 Å². The first kappa shape index (κ1) is 13.4.